The summed E-state index contributed by atoms with van der Waals surface area (Å²) in [4.78, 5) is 0. The minimum atomic E-state index is -6.40. The molecule has 14 heteroatoms. The van der Waals surface area contributed by atoms with Crippen LogP contribution >= 0.6 is 0 Å². The monoisotopic (exact) mass is 476 g/mol. The molecule has 0 aromatic heterocycles. The van der Waals surface area contributed by atoms with E-state index in [-0.39, 0.29) is 0 Å². The maximum Gasteiger partial charge on any atom is 0.534 e. The molecule has 0 unspecified atom stereocenters. The predicted octanol–water partition coefficient (Wildman–Crippen LogP) is 4.24. The van der Waals surface area contributed by atoms with E-state index in [0.717, 1.165) is 24.3 Å². The second kappa shape index (κ2) is 8.18. The van der Waals surface area contributed by atoms with E-state index in [1.54, 1.807) is 0 Å². The standard InChI is InChI=1S/C16H10F6O6S2/c17-15(18,19)29(23,24)27-13(11-7-3-1-4-8-11)14(12-9-5-2-6-10-12)28-30(25,26)16(20,21)22/h1-10H. The van der Waals surface area contributed by atoms with Gasteiger partial charge in [-0.1, -0.05) is 60.7 Å². The van der Waals surface area contributed by atoms with Gasteiger partial charge in [-0.2, -0.15) is 43.2 Å². The van der Waals surface area contributed by atoms with Gasteiger partial charge in [0.05, 0.1) is 0 Å². The minimum absolute atomic E-state index is 0.499. The number of hydrogen-bond donors (Lipinski definition) is 0. The van der Waals surface area contributed by atoms with Crippen LogP contribution in [0.1, 0.15) is 11.1 Å². The van der Waals surface area contributed by atoms with Crippen LogP contribution in [0.3, 0.4) is 0 Å². The van der Waals surface area contributed by atoms with E-state index in [4.69, 9.17) is 0 Å². The lowest BCUT2D eigenvalue weighted by Gasteiger charge is -2.18. The van der Waals surface area contributed by atoms with Crippen LogP contribution < -0.4 is 0 Å². The lowest BCUT2D eigenvalue weighted by Crippen LogP contribution is -2.27. The molecule has 0 N–H and O–H groups in total. The van der Waals surface area contributed by atoms with Crippen molar-refractivity contribution in [1.82, 2.24) is 0 Å². The molecule has 0 aliphatic carbocycles. The number of halogens is 6. The summed E-state index contributed by atoms with van der Waals surface area (Å²) >= 11 is 0. The topological polar surface area (TPSA) is 86.7 Å². The molecule has 6 nitrogen and oxygen atoms in total. The Labute approximate surface area is 166 Å². The molecule has 2 rings (SSSR count). The van der Waals surface area contributed by atoms with Crippen molar-refractivity contribution in [1.29, 1.82) is 0 Å². The first-order valence-corrected chi connectivity index (χ1v) is 10.3. The molecular formula is C16H10F6O6S2. The minimum Gasteiger partial charge on any atom is -0.371 e. The summed E-state index contributed by atoms with van der Waals surface area (Å²) in [5, 5.41) is 0. The molecule has 0 aliphatic heterocycles. The summed E-state index contributed by atoms with van der Waals surface area (Å²) in [6.07, 6.45) is 0. The summed E-state index contributed by atoms with van der Waals surface area (Å²) in [6, 6.07) is 11.4. The van der Waals surface area contributed by atoms with Gasteiger partial charge in [0.1, 0.15) is 0 Å². The molecule has 0 atom stereocenters. The van der Waals surface area contributed by atoms with E-state index in [0.29, 0.717) is 0 Å². The SMILES string of the molecule is O=S(=O)(OC(=C(OS(=O)(=O)C(F)(F)F)c1ccccc1)c1ccccc1)C(F)(F)F. The first kappa shape index (κ1) is 23.5. The van der Waals surface area contributed by atoms with Crippen LogP contribution in [0.5, 0.6) is 0 Å². The van der Waals surface area contributed by atoms with Crippen molar-refractivity contribution >= 4 is 31.8 Å². The third-order valence-corrected chi connectivity index (χ3v) is 5.14. The third-order valence-electron chi connectivity index (χ3n) is 3.23. The molecule has 0 aliphatic rings. The molecular weight excluding hydrogens is 466 g/mol. The van der Waals surface area contributed by atoms with Gasteiger partial charge in [-0.3, -0.25) is 0 Å². The summed E-state index contributed by atoms with van der Waals surface area (Å²) < 4.78 is 131. The molecule has 0 bridgehead atoms. The normalized spacial score (nSPS) is 14.1. The first-order chi connectivity index (χ1) is 13.7. The molecule has 0 fully saturated rings. The van der Waals surface area contributed by atoms with Crippen LogP contribution in [-0.4, -0.2) is 27.9 Å². The first-order valence-electron chi connectivity index (χ1n) is 7.52. The molecule has 0 amide bonds. The number of benzene rings is 2. The zero-order valence-electron chi connectivity index (χ0n) is 14.3. The maximum absolute atomic E-state index is 12.8. The van der Waals surface area contributed by atoms with Gasteiger partial charge >= 0.3 is 31.3 Å². The molecule has 0 saturated heterocycles. The van der Waals surface area contributed by atoms with E-state index in [2.05, 4.69) is 8.37 Å². The van der Waals surface area contributed by atoms with Crippen molar-refractivity contribution in [2.75, 3.05) is 0 Å². The van der Waals surface area contributed by atoms with Crippen LogP contribution in [-0.2, 0) is 28.6 Å². The van der Waals surface area contributed by atoms with Gasteiger partial charge in [0.2, 0.25) is 0 Å². The van der Waals surface area contributed by atoms with E-state index in [1.807, 2.05) is 0 Å². The Morgan fingerprint density at radius 2 is 0.833 bits per heavy atom. The average Bonchev–Trinajstić information content (AvgIpc) is 2.64. The molecule has 2 aromatic rings. The maximum atomic E-state index is 12.8. The van der Waals surface area contributed by atoms with E-state index >= 15 is 0 Å². The van der Waals surface area contributed by atoms with Crippen molar-refractivity contribution in [3.05, 3.63) is 71.8 Å². The highest BCUT2D eigenvalue weighted by Gasteiger charge is 2.51. The lowest BCUT2D eigenvalue weighted by molar-refractivity contribution is -0.0520. The van der Waals surface area contributed by atoms with Gasteiger partial charge in [0.25, 0.3) is 0 Å². The Morgan fingerprint density at radius 1 is 0.567 bits per heavy atom. The molecule has 0 spiro atoms. The van der Waals surface area contributed by atoms with Crippen molar-refractivity contribution < 1.29 is 51.5 Å². The Kier molecular flexibility index (Phi) is 6.42. The summed E-state index contributed by atoms with van der Waals surface area (Å²) in [7, 11) is -12.8. The Bertz CT molecular complexity index is 1030. The van der Waals surface area contributed by atoms with Crippen molar-refractivity contribution in [3.8, 4) is 0 Å². The Balaban J connectivity index is 2.85. The van der Waals surface area contributed by atoms with E-state index in [9.17, 15) is 43.2 Å². The Hall–Kier alpha value is -2.74. The van der Waals surface area contributed by atoms with Crippen molar-refractivity contribution in [3.63, 3.8) is 0 Å². The molecule has 2 aromatic carbocycles. The van der Waals surface area contributed by atoms with Gasteiger partial charge in [-0.25, -0.2) is 0 Å². The average molecular weight is 476 g/mol. The molecule has 164 valence electrons. The van der Waals surface area contributed by atoms with Crippen LogP contribution in [0, 0.1) is 0 Å². The lowest BCUT2D eigenvalue weighted by atomic mass is 10.1. The fourth-order valence-electron chi connectivity index (χ4n) is 1.93. The van der Waals surface area contributed by atoms with Crippen LogP contribution in [0.4, 0.5) is 26.3 Å². The van der Waals surface area contributed by atoms with Gasteiger partial charge in [0.15, 0.2) is 11.5 Å². The predicted molar refractivity (Wildman–Crippen MR) is 91.8 cm³/mol. The molecule has 0 heterocycles. The molecule has 30 heavy (non-hydrogen) atoms. The molecule has 0 saturated carbocycles. The fraction of sp³-hybridized carbons (Fsp3) is 0.125. The second-order valence-corrected chi connectivity index (χ2v) is 8.43. The van der Waals surface area contributed by atoms with Crippen LogP contribution in [0.25, 0.3) is 11.5 Å². The molecule has 0 radical (unpaired) electrons. The highest BCUT2D eigenvalue weighted by Crippen LogP contribution is 2.37. The van der Waals surface area contributed by atoms with Crippen LogP contribution in [0.2, 0.25) is 0 Å². The number of hydrogen-bond acceptors (Lipinski definition) is 6. The Morgan fingerprint density at radius 3 is 1.07 bits per heavy atom. The quantitative estimate of drug-likeness (QED) is 0.204. The van der Waals surface area contributed by atoms with E-state index in [1.165, 1.54) is 36.4 Å². The van der Waals surface area contributed by atoms with Gasteiger partial charge in [-0.05, 0) is 0 Å². The highest BCUT2D eigenvalue weighted by molar-refractivity contribution is 7.88. The zero-order chi connectivity index (χ0) is 22.8. The highest BCUT2D eigenvalue weighted by atomic mass is 32.2. The van der Waals surface area contributed by atoms with Crippen LogP contribution in [0.15, 0.2) is 60.7 Å². The summed E-state index contributed by atoms with van der Waals surface area (Å²) in [5.74, 6) is -2.82. The number of alkyl halides is 6. The largest absolute Gasteiger partial charge is 0.534 e. The van der Waals surface area contributed by atoms with Crippen molar-refractivity contribution in [2.24, 2.45) is 0 Å². The number of rotatable bonds is 6. The zero-order valence-corrected chi connectivity index (χ0v) is 15.9. The summed E-state index contributed by atoms with van der Waals surface area (Å²) in [6.45, 7) is 0. The third kappa shape index (κ3) is 5.24. The van der Waals surface area contributed by atoms with Gasteiger partial charge < -0.3 is 8.37 Å². The smallest absolute Gasteiger partial charge is 0.371 e. The van der Waals surface area contributed by atoms with Gasteiger partial charge in [-0.15, -0.1) is 0 Å². The second-order valence-electron chi connectivity index (χ2n) is 5.36. The fourth-order valence-corrected chi connectivity index (χ4v) is 2.90. The van der Waals surface area contributed by atoms with E-state index < -0.39 is 53.9 Å². The van der Waals surface area contributed by atoms with Crippen molar-refractivity contribution in [2.45, 2.75) is 11.0 Å². The van der Waals surface area contributed by atoms with Gasteiger partial charge in [0, 0.05) is 11.1 Å². The summed E-state index contributed by atoms with van der Waals surface area (Å²) in [5.41, 5.74) is -12.9.